The normalized spacial score (nSPS) is 9.86. The van der Waals surface area contributed by atoms with Gasteiger partial charge in [0.25, 0.3) is 5.09 Å². The SMILES string of the molecule is CC(C)(C)C(=O)Oc1ccc(N=C(N)N)cc1.O=[N+]([O-])O. The monoisotopic (exact) mass is 298 g/mol. The molecule has 0 bridgehead atoms. The van der Waals surface area contributed by atoms with Crippen LogP contribution in [0.1, 0.15) is 20.8 Å². The minimum atomic E-state index is -1.50. The molecule has 9 nitrogen and oxygen atoms in total. The third kappa shape index (κ3) is 8.81. The quantitative estimate of drug-likeness (QED) is 0.185. The molecule has 0 aliphatic carbocycles. The fourth-order valence-electron chi connectivity index (χ4n) is 0.998. The van der Waals surface area contributed by atoms with Crippen molar-refractivity contribution in [1.82, 2.24) is 0 Å². The van der Waals surface area contributed by atoms with Crippen molar-refractivity contribution in [2.24, 2.45) is 21.9 Å². The smallest absolute Gasteiger partial charge is 0.316 e. The lowest BCUT2D eigenvalue weighted by atomic mass is 9.97. The van der Waals surface area contributed by atoms with E-state index in [1.54, 1.807) is 45.0 Å². The molecular formula is C12H18N4O5. The van der Waals surface area contributed by atoms with Gasteiger partial charge in [0.05, 0.1) is 11.1 Å². The Morgan fingerprint density at radius 2 is 1.71 bits per heavy atom. The van der Waals surface area contributed by atoms with Crippen LogP contribution < -0.4 is 16.2 Å². The first-order valence-electron chi connectivity index (χ1n) is 5.77. The zero-order valence-electron chi connectivity index (χ0n) is 11.9. The molecule has 1 aromatic rings. The molecule has 21 heavy (non-hydrogen) atoms. The number of nitrogens with zero attached hydrogens (tertiary/aromatic N) is 2. The fourth-order valence-corrected chi connectivity index (χ4v) is 0.998. The molecule has 1 rings (SSSR count). The lowest BCUT2D eigenvalue weighted by Gasteiger charge is -2.16. The summed E-state index contributed by atoms with van der Waals surface area (Å²) in [6, 6.07) is 6.63. The van der Waals surface area contributed by atoms with E-state index in [0.29, 0.717) is 11.4 Å². The van der Waals surface area contributed by atoms with E-state index in [-0.39, 0.29) is 11.9 Å². The highest BCUT2D eigenvalue weighted by Crippen LogP contribution is 2.21. The molecule has 0 saturated carbocycles. The second-order valence-electron chi connectivity index (χ2n) is 4.91. The summed E-state index contributed by atoms with van der Waals surface area (Å²) in [7, 11) is 0. The molecule has 0 saturated heterocycles. The summed E-state index contributed by atoms with van der Waals surface area (Å²) in [5.41, 5.74) is 10.6. The molecular weight excluding hydrogens is 280 g/mol. The number of hydrogen-bond donors (Lipinski definition) is 3. The number of ether oxygens (including phenoxy) is 1. The van der Waals surface area contributed by atoms with Gasteiger partial charge in [-0.1, -0.05) is 0 Å². The van der Waals surface area contributed by atoms with Gasteiger partial charge in [-0.15, -0.1) is 10.1 Å². The Balaban J connectivity index is 0.000000885. The number of esters is 1. The Hall–Kier alpha value is -2.84. The van der Waals surface area contributed by atoms with Gasteiger partial charge in [-0.05, 0) is 45.0 Å². The van der Waals surface area contributed by atoms with Crippen LogP contribution in [0.5, 0.6) is 5.75 Å². The predicted molar refractivity (Wildman–Crippen MR) is 75.8 cm³/mol. The molecule has 5 N–H and O–H groups in total. The summed E-state index contributed by atoms with van der Waals surface area (Å²) >= 11 is 0. The van der Waals surface area contributed by atoms with Crippen LogP contribution in [0.15, 0.2) is 29.3 Å². The van der Waals surface area contributed by atoms with E-state index in [2.05, 4.69) is 4.99 Å². The molecule has 0 aromatic heterocycles. The lowest BCUT2D eigenvalue weighted by molar-refractivity contribution is -0.742. The maximum absolute atomic E-state index is 11.6. The van der Waals surface area contributed by atoms with Crippen molar-refractivity contribution in [2.75, 3.05) is 0 Å². The van der Waals surface area contributed by atoms with Crippen molar-refractivity contribution >= 4 is 17.6 Å². The summed E-state index contributed by atoms with van der Waals surface area (Å²) in [6.45, 7) is 5.38. The maximum Gasteiger partial charge on any atom is 0.316 e. The second-order valence-corrected chi connectivity index (χ2v) is 4.91. The topological polar surface area (TPSA) is 154 Å². The van der Waals surface area contributed by atoms with Crippen LogP contribution in [0.3, 0.4) is 0 Å². The van der Waals surface area contributed by atoms with Gasteiger partial charge in [-0.3, -0.25) is 4.79 Å². The molecule has 0 unspecified atom stereocenters. The van der Waals surface area contributed by atoms with E-state index < -0.39 is 10.5 Å². The molecule has 0 aliphatic heterocycles. The van der Waals surface area contributed by atoms with Gasteiger partial charge >= 0.3 is 5.97 Å². The number of hydrogen-bond acceptors (Lipinski definition) is 5. The first-order chi connectivity index (χ1) is 9.52. The highest BCUT2D eigenvalue weighted by atomic mass is 16.9. The van der Waals surface area contributed by atoms with Crippen molar-refractivity contribution < 1.29 is 19.8 Å². The van der Waals surface area contributed by atoms with E-state index in [0.717, 1.165) is 0 Å². The molecule has 0 radical (unpaired) electrons. The molecule has 0 heterocycles. The van der Waals surface area contributed by atoms with E-state index in [4.69, 9.17) is 31.5 Å². The first kappa shape index (κ1) is 18.2. The largest absolute Gasteiger partial charge is 0.426 e. The number of carbonyl (C=O) groups excluding carboxylic acids is 1. The molecule has 0 amide bonds. The molecule has 0 aliphatic rings. The molecule has 0 fully saturated rings. The van der Waals surface area contributed by atoms with E-state index in [9.17, 15) is 4.79 Å². The molecule has 116 valence electrons. The molecule has 0 atom stereocenters. The Bertz CT molecular complexity index is 511. The lowest BCUT2D eigenvalue weighted by Crippen LogP contribution is -2.25. The first-order valence-corrected chi connectivity index (χ1v) is 5.77. The van der Waals surface area contributed by atoms with Gasteiger partial charge in [0, 0.05) is 0 Å². The summed E-state index contributed by atoms with van der Waals surface area (Å²) in [5, 5.41) is 13.6. The Morgan fingerprint density at radius 3 is 2.05 bits per heavy atom. The molecule has 0 spiro atoms. The second kappa shape index (κ2) is 7.68. The molecule has 9 heteroatoms. The van der Waals surface area contributed by atoms with Crippen LogP contribution in [-0.2, 0) is 4.79 Å². The zero-order valence-corrected chi connectivity index (χ0v) is 11.9. The van der Waals surface area contributed by atoms with Crippen LogP contribution in [0.25, 0.3) is 0 Å². The zero-order chi connectivity index (χ0) is 16.6. The van der Waals surface area contributed by atoms with Gasteiger partial charge in [-0.2, -0.15) is 0 Å². The number of rotatable bonds is 2. The highest BCUT2D eigenvalue weighted by Gasteiger charge is 2.23. The van der Waals surface area contributed by atoms with Crippen molar-refractivity contribution in [3.8, 4) is 5.75 Å². The standard InChI is InChI=1S/C12H17N3O2.HNO3/c1-12(2,3)10(16)17-9-6-4-8(5-7-9)15-11(13)14;2-1(3)4/h4-7H,1-3H3,(H4,13,14,15);(H,2,3,4). The number of benzene rings is 1. The Labute approximate surface area is 121 Å². The van der Waals surface area contributed by atoms with Gasteiger partial charge in [0.15, 0.2) is 5.96 Å². The van der Waals surface area contributed by atoms with Crippen molar-refractivity contribution in [3.05, 3.63) is 34.4 Å². The minimum Gasteiger partial charge on any atom is -0.426 e. The van der Waals surface area contributed by atoms with Crippen LogP contribution in [0, 0.1) is 15.5 Å². The maximum atomic E-state index is 11.6. The average Bonchev–Trinajstić information content (AvgIpc) is 2.29. The minimum absolute atomic E-state index is 0.00978. The van der Waals surface area contributed by atoms with Crippen molar-refractivity contribution in [1.29, 1.82) is 0 Å². The van der Waals surface area contributed by atoms with Crippen LogP contribution in [0.4, 0.5) is 5.69 Å². The Kier molecular flexibility index (Phi) is 6.64. The third-order valence-corrected chi connectivity index (χ3v) is 1.92. The van der Waals surface area contributed by atoms with Crippen molar-refractivity contribution in [2.45, 2.75) is 20.8 Å². The Morgan fingerprint density at radius 1 is 1.29 bits per heavy atom. The van der Waals surface area contributed by atoms with Gasteiger partial charge in [0.2, 0.25) is 0 Å². The van der Waals surface area contributed by atoms with Crippen molar-refractivity contribution in [3.63, 3.8) is 0 Å². The highest BCUT2D eigenvalue weighted by molar-refractivity contribution is 5.79. The number of guanidine groups is 1. The number of carbonyl (C=O) groups is 1. The predicted octanol–water partition coefficient (Wildman–Crippen LogP) is 1.20. The third-order valence-electron chi connectivity index (χ3n) is 1.92. The van der Waals surface area contributed by atoms with Crippen LogP contribution >= 0.6 is 0 Å². The average molecular weight is 298 g/mol. The number of aliphatic imine (C=N–C) groups is 1. The summed E-state index contributed by atoms with van der Waals surface area (Å²) in [4.78, 5) is 23.8. The summed E-state index contributed by atoms with van der Waals surface area (Å²) < 4.78 is 5.19. The van der Waals surface area contributed by atoms with Crippen LogP contribution in [-0.4, -0.2) is 22.2 Å². The van der Waals surface area contributed by atoms with E-state index in [1.165, 1.54) is 0 Å². The van der Waals surface area contributed by atoms with Gasteiger partial charge in [-0.25, -0.2) is 4.99 Å². The summed E-state index contributed by atoms with van der Waals surface area (Å²) in [6.07, 6.45) is 0. The number of nitrogens with two attached hydrogens (primary N) is 2. The summed E-state index contributed by atoms with van der Waals surface area (Å²) in [5.74, 6) is 0.177. The van der Waals surface area contributed by atoms with E-state index >= 15 is 0 Å². The van der Waals surface area contributed by atoms with Gasteiger partial charge < -0.3 is 21.4 Å². The fraction of sp³-hybridized carbons (Fsp3) is 0.333. The van der Waals surface area contributed by atoms with Crippen LogP contribution in [0.2, 0.25) is 0 Å². The van der Waals surface area contributed by atoms with Gasteiger partial charge in [0.1, 0.15) is 5.75 Å². The molecule has 1 aromatic carbocycles. The van der Waals surface area contributed by atoms with E-state index in [1.807, 2.05) is 0 Å².